The molecule has 0 spiro atoms. The maximum Gasteiger partial charge on any atom is 0.0615 e. The fourth-order valence-electron chi connectivity index (χ4n) is 1.35. The van der Waals surface area contributed by atoms with E-state index in [2.05, 4.69) is 17.3 Å². The van der Waals surface area contributed by atoms with Gasteiger partial charge in [0.05, 0.1) is 12.3 Å². The number of hydrogen-bond donors (Lipinski definition) is 1. The Balaban J connectivity index is 2.35. The van der Waals surface area contributed by atoms with Crippen LogP contribution in [0.15, 0.2) is 12.3 Å². The van der Waals surface area contributed by atoms with Crippen LogP contribution in [0.4, 0.5) is 0 Å². The molecule has 0 aliphatic heterocycles. The third-order valence-electron chi connectivity index (χ3n) is 2.35. The second-order valence-electron chi connectivity index (χ2n) is 3.39. The fraction of sp³-hybridized carbons (Fsp3) is 0.700. The molecule has 4 nitrogen and oxygen atoms in total. The lowest BCUT2D eigenvalue weighted by molar-refractivity contribution is 0.163. The second kappa shape index (κ2) is 5.78. The van der Waals surface area contributed by atoms with Gasteiger partial charge in [0.1, 0.15) is 0 Å². The van der Waals surface area contributed by atoms with E-state index in [1.807, 2.05) is 24.0 Å². The summed E-state index contributed by atoms with van der Waals surface area (Å²) < 4.78 is 6.99. The first-order valence-electron chi connectivity index (χ1n) is 4.97. The molecule has 0 aliphatic carbocycles. The first-order valence-corrected chi connectivity index (χ1v) is 4.97. The van der Waals surface area contributed by atoms with Gasteiger partial charge >= 0.3 is 0 Å². The maximum atomic E-state index is 5.11. The maximum absolute atomic E-state index is 5.11. The van der Waals surface area contributed by atoms with Crippen molar-refractivity contribution < 1.29 is 4.74 Å². The zero-order chi connectivity index (χ0) is 10.4. The molecular formula is C10H19N3O. The van der Waals surface area contributed by atoms with Crippen molar-refractivity contribution in [1.29, 1.82) is 0 Å². The molecule has 0 unspecified atom stereocenters. The van der Waals surface area contributed by atoms with Crippen LogP contribution in [0.25, 0.3) is 0 Å². The van der Waals surface area contributed by atoms with Crippen LogP contribution in [-0.4, -0.2) is 29.5 Å². The molecule has 0 amide bonds. The molecule has 4 heteroatoms. The minimum atomic E-state index is 0.426. The van der Waals surface area contributed by atoms with Crippen LogP contribution in [0.1, 0.15) is 19.0 Å². The predicted octanol–water partition coefficient (Wildman–Crippen LogP) is 0.935. The van der Waals surface area contributed by atoms with Gasteiger partial charge in [-0.1, -0.05) is 6.92 Å². The Morgan fingerprint density at radius 2 is 2.43 bits per heavy atom. The highest BCUT2D eigenvalue weighted by atomic mass is 16.5. The van der Waals surface area contributed by atoms with Crippen LogP contribution < -0.4 is 5.32 Å². The Kier molecular flexibility index (Phi) is 4.62. The van der Waals surface area contributed by atoms with Crippen LogP contribution in [0.3, 0.4) is 0 Å². The average Bonchev–Trinajstić information content (AvgIpc) is 2.59. The summed E-state index contributed by atoms with van der Waals surface area (Å²) in [6.45, 7) is 3.76. The Hall–Kier alpha value is -0.870. The molecule has 0 saturated heterocycles. The number of ether oxygens (including phenoxy) is 1. The standard InChI is InChI=1S/C10H19N3O/c1-4-9(8-14-3)11-7-10-5-6-12-13(10)2/h5-6,9,11H,4,7-8H2,1-3H3/t9-/m0/s1. The van der Waals surface area contributed by atoms with Crippen molar-refractivity contribution in [3.63, 3.8) is 0 Å². The van der Waals surface area contributed by atoms with Crippen LogP contribution in [-0.2, 0) is 18.3 Å². The van der Waals surface area contributed by atoms with Crippen molar-refractivity contribution >= 4 is 0 Å². The van der Waals surface area contributed by atoms with E-state index in [-0.39, 0.29) is 0 Å². The Morgan fingerprint density at radius 1 is 1.64 bits per heavy atom. The van der Waals surface area contributed by atoms with Gasteiger partial charge < -0.3 is 10.1 Å². The van der Waals surface area contributed by atoms with Crippen LogP contribution in [0.2, 0.25) is 0 Å². The van der Waals surface area contributed by atoms with Crippen molar-refractivity contribution in [2.24, 2.45) is 7.05 Å². The topological polar surface area (TPSA) is 39.1 Å². The van der Waals surface area contributed by atoms with Crippen LogP contribution in [0, 0.1) is 0 Å². The molecule has 0 aromatic carbocycles. The van der Waals surface area contributed by atoms with Gasteiger partial charge in [0, 0.05) is 32.9 Å². The Bertz CT molecular complexity index is 260. The molecular weight excluding hydrogens is 178 g/mol. The smallest absolute Gasteiger partial charge is 0.0615 e. The fourth-order valence-corrected chi connectivity index (χ4v) is 1.35. The Morgan fingerprint density at radius 3 is 2.93 bits per heavy atom. The molecule has 14 heavy (non-hydrogen) atoms. The number of methoxy groups -OCH3 is 1. The first-order chi connectivity index (χ1) is 6.77. The molecule has 1 N–H and O–H groups in total. The summed E-state index contributed by atoms with van der Waals surface area (Å²) in [4.78, 5) is 0. The van der Waals surface area contributed by atoms with E-state index in [1.54, 1.807) is 7.11 Å². The molecule has 0 saturated carbocycles. The van der Waals surface area contributed by atoms with Gasteiger partial charge in [-0.3, -0.25) is 4.68 Å². The summed E-state index contributed by atoms with van der Waals surface area (Å²) in [5.74, 6) is 0. The highest BCUT2D eigenvalue weighted by molar-refractivity contribution is 4.99. The highest BCUT2D eigenvalue weighted by Gasteiger charge is 2.05. The van der Waals surface area contributed by atoms with E-state index < -0.39 is 0 Å². The van der Waals surface area contributed by atoms with Crippen molar-refractivity contribution in [2.45, 2.75) is 25.9 Å². The molecule has 1 atom stereocenters. The number of nitrogens with zero attached hydrogens (tertiary/aromatic N) is 2. The summed E-state index contributed by atoms with van der Waals surface area (Å²) in [6.07, 6.45) is 2.89. The van der Waals surface area contributed by atoms with Crippen molar-refractivity contribution in [3.8, 4) is 0 Å². The molecule has 0 aliphatic rings. The largest absolute Gasteiger partial charge is 0.383 e. The number of rotatable bonds is 6. The van der Waals surface area contributed by atoms with Crippen molar-refractivity contribution in [1.82, 2.24) is 15.1 Å². The highest BCUT2D eigenvalue weighted by Crippen LogP contribution is 1.98. The summed E-state index contributed by atoms with van der Waals surface area (Å²) in [5, 5.41) is 7.54. The lowest BCUT2D eigenvalue weighted by Crippen LogP contribution is -2.32. The molecule has 80 valence electrons. The van der Waals surface area contributed by atoms with E-state index in [0.29, 0.717) is 6.04 Å². The average molecular weight is 197 g/mol. The van der Waals surface area contributed by atoms with Gasteiger partial charge in [0.25, 0.3) is 0 Å². The summed E-state index contributed by atoms with van der Waals surface area (Å²) >= 11 is 0. The third kappa shape index (κ3) is 3.12. The molecule has 1 heterocycles. The number of aryl methyl sites for hydroxylation is 1. The lowest BCUT2D eigenvalue weighted by Gasteiger charge is -2.15. The normalized spacial score (nSPS) is 13.1. The Labute approximate surface area is 85.3 Å². The number of aromatic nitrogens is 2. The van der Waals surface area contributed by atoms with E-state index in [4.69, 9.17) is 4.74 Å². The molecule has 0 bridgehead atoms. The minimum absolute atomic E-state index is 0.426. The number of hydrogen-bond acceptors (Lipinski definition) is 3. The summed E-state index contributed by atoms with van der Waals surface area (Å²) in [6, 6.07) is 2.45. The van der Waals surface area contributed by atoms with E-state index in [1.165, 1.54) is 5.69 Å². The minimum Gasteiger partial charge on any atom is -0.383 e. The van der Waals surface area contributed by atoms with Crippen molar-refractivity contribution in [2.75, 3.05) is 13.7 Å². The molecule has 1 rings (SSSR count). The van der Waals surface area contributed by atoms with Gasteiger partial charge in [-0.05, 0) is 12.5 Å². The zero-order valence-electron chi connectivity index (χ0n) is 9.16. The van der Waals surface area contributed by atoms with E-state index >= 15 is 0 Å². The van der Waals surface area contributed by atoms with Gasteiger partial charge in [-0.15, -0.1) is 0 Å². The van der Waals surface area contributed by atoms with Gasteiger partial charge in [-0.2, -0.15) is 5.10 Å². The zero-order valence-corrected chi connectivity index (χ0v) is 9.16. The molecule has 1 aromatic rings. The van der Waals surface area contributed by atoms with Crippen molar-refractivity contribution in [3.05, 3.63) is 18.0 Å². The predicted molar refractivity (Wildman–Crippen MR) is 56.0 cm³/mol. The molecule has 0 fully saturated rings. The third-order valence-corrected chi connectivity index (χ3v) is 2.35. The quantitative estimate of drug-likeness (QED) is 0.737. The van der Waals surface area contributed by atoms with Crippen LogP contribution in [0.5, 0.6) is 0 Å². The lowest BCUT2D eigenvalue weighted by atomic mass is 10.2. The second-order valence-corrected chi connectivity index (χ2v) is 3.39. The summed E-state index contributed by atoms with van der Waals surface area (Å²) in [7, 11) is 3.68. The van der Waals surface area contributed by atoms with E-state index in [9.17, 15) is 0 Å². The van der Waals surface area contributed by atoms with Gasteiger partial charge in [0.15, 0.2) is 0 Å². The molecule has 0 radical (unpaired) electrons. The first kappa shape index (κ1) is 11.2. The number of nitrogens with one attached hydrogen (secondary N) is 1. The molecule has 1 aromatic heterocycles. The van der Waals surface area contributed by atoms with Crippen LogP contribution >= 0.6 is 0 Å². The van der Waals surface area contributed by atoms with Gasteiger partial charge in [0.2, 0.25) is 0 Å². The monoisotopic (exact) mass is 197 g/mol. The van der Waals surface area contributed by atoms with E-state index in [0.717, 1.165) is 19.6 Å². The summed E-state index contributed by atoms with van der Waals surface area (Å²) in [5.41, 5.74) is 1.19. The van der Waals surface area contributed by atoms with Gasteiger partial charge in [-0.25, -0.2) is 0 Å². The SMILES string of the molecule is CC[C@@H](COC)NCc1ccnn1C.